The zero-order chi connectivity index (χ0) is 25.1. The van der Waals surface area contributed by atoms with Crippen molar-refractivity contribution in [2.45, 2.75) is 20.4 Å². The number of imidazole rings is 1. The number of fused-ring (bicyclic) bond motifs is 1. The second kappa shape index (κ2) is 9.78. The van der Waals surface area contributed by atoms with E-state index in [1.165, 1.54) is 0 Å². The van der Waals surface area contributed by atoms with Crippen LogP contribution in [-0.4, -0.2) is 64.4 Å². The molecule has 0 spiro atoms. The molecule has 2 aromatic carbocycles. The maximum atomic E-state index is 12.0. The minimum Gasteiger partial charge on any atom is -0.476 e. The Morgan fingerprint density at radius 1 is 0.972 bits per heavy atom. The van der Waals surface area contributed by atoms with Gasteiger partial charge in [0.1, 0.15) is 5.52 Å². The van der Waals surface area contributed by atoms with Gasteiger partial charge in [-0.15, -0.1) is 5.10 Å². The quantitative estimate of drug-likeness (QED) is 0.317. The smallest absolute Gasteiger partial charge is 0.357 e. The molecule has 3 heterocycles. The van der Waals surface area contributed by atoms with Gasteiger partial charge in [-0.3, -0.25) is 4.57 Å². The van der Waals surface area contributed by atoms with Crippen LogP contribution in [0.3, 0.4) is 0 Å². The first-order valence-electron chi connectivity index (χ1n) is 11.3. The fourth-order valence-corrected chi connectivity index (χ4v) is 3.91. The molecule has 3 aromatic heterocycles. The maximum absolute atomic E-state index is 12.0. The molecule has 0 radical (unpaired) electrons. The first kappa shape index (κ1) is 22.9. The number of tetrazole rings is 1. The number of hydrogen-bond acceptors (Lipinski definition) is 9. The number of ether oxygens (including phenoxy) is 2. The average Bonchev–Trinajstić information content (AvgIpc) is 3.53. The number of carboxylic acid groups (broad SMARTS) is 1. The molecular weight excluding hydrogens is 464 g/mol. The summed E-state index contributed by atoms with van der Waals surface area (Å²) in [4.78, 5) is 24.8. The van der Waals surface area contributed by atoms with Gasteiger partial charge in [0.25, 0.3) is 6.01 Å². The zero-order valence-electron chi connectivity index (χ0n) is 19.5. The highest BCUT2D eigenvalue weighted by Gasteiger charge is 2.23. The van der Waals surface area contributed by atoms with Crippen molar-refractivity contribution in [2.24, 2.45) is 0 Å². The number of carbonyl (C=O) groups is 1. The van der Waals surface area contributed by atoms with E-state index < -0.39 is 5.97 Å². The lowest BCUT2D eigenvalue weighted by Crippen LogP contribution is -2.11. The predicted molar refractivity (Wildman–Crippen MR) is 129 cm³/mol. The standard InChI is InChI=1S/C24H22N8O4/c1-3-35-23-25-18(22(33)34)19-21(26-23)27-24(36-4-2)32(19)13-14-9-11-15(12-10-14)16-7-5-6-8-17(16)20-28-30-31-29-20/h5-12H,3-4,13H2,1-2H3,(H,33,34)(H,28,29,30,31). The van der Waals surface area contributed by atoms with Crippen LogP contribution in [0.25, 0.3) is 33.7 Å². The number of rotatable bonds is 9. The van der Waals surface area contributed by atoms with Gasteiger partial charge in [-0.2, -0.15) is 15.0 Å². The van der Waals surface area contributed by atoms with E-state index in [1.54, 1.807) is 11.5 Å². The van der Waals surface area contributed by atoms with Crippen molar-refractivity contribution in [3.63, 3.8) is 0 Å². The lowest BCUT2D eigenvalue weighted by atomic mass is 9.98. The number of nitrogens with one attached hydrogen (secondary N) is 1. The van der Waals surface area contributed by atoms with E-state index in [2.05, 4.69) is 35.6 Å². The molecule has 5 aromatic rings. The van der Waals surface area contributed by atoms with Gasteiger partial charge in [0.2, 0.25) is 0 Å². The molecule has 0 atom stereocenters. The molecule has 12 nitrogen and oxygen atoms in total. The van der Waals surface area contributed by atoms with Crippen LogP contribution >= 0.6 is 0 Å². The highest BCUT2D eigenvalue weighted by atomic mass is 16.5. The lowest BCUT2D eigenvalue weighted by molar-refractivity contribution is 0.0690. The van der Waals surface area contributed by atoms with Crippen LogP contribution in [0.5, 0.6) is 12.0 Å². The van der Waals surface area contributed by atoms with Crippen molar-refractivity contribution in [1.29, 1.82) is 0 Å². The molecule has 5 rings (SSSR count). The number of aromatic nitrogens is 8. The summed E-state index contributed by atoms with van der Waals surface area (Å²) in [5.74, 6) is -0.630. The third-order valence-electron chi connectivity index (χ3n) is 5.43. The Bertz CT molecular complexity index is 1510. The largest absolute Gasteiger partial charge is 0.476 e. The second-order valence-corrected chi connectivity index (χ2v) is 7.67. The molecule has 2 N–H and O–H groups in total. The van der Waals surface area contributed by atoms with Crippen molar-refractivity contribution in [3.8, 4) is 34.5 Å². The summed E-state index contributed by atoms with van der Waals surface area (Å²) in [7, 11) is 0. The first-order valence-corrected chi connectivity index (χ1v) is 11.3. The lowest BCUT2D eigenvalue weighted by Gasteiger charge is -2.12. The molecule has 0 saturated carbocycles. The van der Waals surface area contributed by atoms with Crippen LogP contribution in [0.1, 0.15) is 29.9 Å². The topological polar surface area (TPSA) is 154 Å². The van der Waals surface area contributed by atoms with Crippen LogP contribution in [-0.2, 0) is 6.54 Å². The third kappa shape index (κ3) is 4.31. The van der Waals surface area contributed by atoms with Gasteiger partial charge in [0.05, 0.1) is 19.8 Å². The zero-order valence-corrected chi connectivity index (χ0v) is 19.5. The Balaban J connectivity index is 1.54. The van der Waals surface area contributed by atoms with E-state index >= 15 is 0 Å². The predicted octanol–water partition coefficient (Wildman–Crippen LogP) is 3.22. The minimum absolute atomic E-state index is 0.0416. The summed E-state index contributed by atoms with van der Waals surface area (Å²) in [5, 5.41) is 24.0. The Morgan fingerprint density at radius 3 is 2.39 bits per heavy atom. The van der Waals surface area contributed by atoms with Gasteiger partial charge in [-0.05, 0) is 41.0 Å². The van der Waals surface area contributed by atoms with Crippen LogP contribution in [0.4, 0.5) is 0 Å². The van der Waals surface area contributed by atoms with Crippen molar-refractivity contribution < 1.29 is 19.4 Å². The van der Waals surface area contributed by atoms with Crippen molar-refractivity contribution in [2.75, 3.05) is 13.2 Å². The fraction of sp³-hybridized carbons (Fsp3) is 0.208. The SMILES string of the molecule is CCOc1nc(C(=O)O)c2c(n1)nc(OCC)n2Cc1ccc(-c2ccccc2-c2nnn[nH]2)cc1. The highest BCUT2D eigenvalue weighted by Crippen LogP contribution is 2.31. The molecule has 0 fully saturated rings. The summed E-state index contributed by atoms with van der Waals surface area (Å²) in [6, 6.07) is 15.9. The van der Waals surface area contributed by atoms with Gasteiger partial charge in [0, 0.05) is 5.56 Å². The molecule has 0 aliphatic heterocycles. The van der Waals surface area contributed by atoms with Crippen molar-refractivity contribution >= 4 is 17.1 Å². The number of H-pyrrole nitrogens is 1. The monoisotopic (exact) mass is 486 g/mol. The maximum Gasteiger partial charge on any atom is 0.357 e. The molecule has 36 heavy (non-hydrogen) atoms. The number of hydrogen-bond donors (Lipinski definition) is 2. The van der Waals surface area contributed by atoms with E-state index in [9.17, 15) is 9.90 Å². The Kier molecular flexibility index (Phi) is 6.22. The van der Waals surface area contributed by atoms with Gasteiger partial charge in [0.15, 0.2) is 17.2 Å². The molecule has 0 bridgehead atoms. The average molecular weight is 486 g/mol. The van der Waals surface area contributed by atoms with E-state index in [0.29, 0.717) is 25.6 Å². The number of aromatic carboxylic acids is 1. The number of benzene rings is 2. The van der Waals surface area contributed by atoms with Gasteiger partial charge >= 0.3 is 12.0 Å². The molecule has 0 saturated heterocycles. The molecular formula is C24H22N8O4. The Labute approximate surface area is 205 Å². The van der Waals surface area contributed by atoms with E-state index in [1.807, 2.05) is 55.5 Å². The summed E-state index contributed by atoms with van der Waals surface area (Å²) < 4.78 is 12.7. The van der Waals surface area contributed by atoms with E-state index in [-0.39, 0.29) is 28.9 Å². The third-order valence-corrected chi connectivity index (χ3v) is 5.43. The normalized spacial score (nSPS) is 11.1. The highest BCUT2D eigenvalue weighted by molar-refractivity contribution is 5.98. The summed E-state index contributed by atoms with van der Waals surface area (Å²) in [5.41, 5.74) is 3.99. The number of aromatic amines is 1. The molecule has 0 amide bonds. The minimum atomic E-state index is -1.21. The summed E-state index contributed by atoms with van der Waals surface area (Å²) in [6.45, 7) is 4.55. The Hall–Kier alpha value is -4.87. The van der Waals surface area contributed by atoms with Crippen molar-refractivity contribution in [1.82, 2.24) is 40.1 Å². The number of nitrogens with zero attached hydrogens (tertiary/aromatic N) is 7. The number of carboxylic acids is 1. The van der Waals surface area contributed by atoms with Crippen LogP contribution in [0.2, 0.25) is 0 Å². The second-order valence-electron chi connectivity index (χ2n) is 7.67. The molecule has 12 heteroatoms. The van der Waals surface area contributed by atoms with E-state index in [0.717, 1.165) is 22.3 Å². The van der Waals surface area contributed by atoms with E-state index in [4.69, 9.17) is 9.47 Å². The summed E-state index contributed by atoms with van der Waals surface area (Å²) >= 11 is 0. The van der Waals surface area contributed by atoms with Crippen LogP contribution < -0.4 is 9.47 Å². The van der Waals surface area contributed by atoms with Crippen molar-refractivity contribution in [3.05, 3.63) is 59.8 Å². The van der Waals surface area contributed by atoms with Crippen LogP contribution in [0.15, 0.2) is 48.5 Å². The van der Waals surface area contributed by atoms with Crippen LogP contribution in [0, 0.1) is 0 Å². The van der Waals surface area contributed by atoms with Gasteiger partial charge < -0.3 is 14.6 Å². The first-order chi connectivity index (χ1) is 17.6. The molecule has 182 valence electrons. The molecule has 0 aliphatic rings. The fourth-order valence-electron chi connectivity index (χ4n) is 3.91. The Morgan fingerprint density at radius 2 is 1.72 bits per heavy atom. The molecule has 0 unspecified atom stereocenters. The van der Waals surface area contributed by atoms with Gasteiger partial charge in [-0.25, -0.2) is 9.89 Å². The van der Waals surface area contributed by atoms with Gasteiger partial charge in [-0.1, -0.05) is 48.5 Å². The molecule has 0 aliphatic carbocycles. The summed E-state index contributed by atoms with van der Waals surface area (Å²) in [6.07, 6.45) is 0.